The van der Waals surface area contributed by atoms with Crippen molar-refractivity contribution in [2.45, 2.75) is 45.3 Å². The SMILES string of the molecule is C[C@@H](NC(=O)c1ccccc1OCc1ccc(Cl)cc1)[C@@H]1C[C@H]2CC[C@H]1C2. The number of carbonyl (C=O) groups excluding carboxylic acids is 1. The molecule has 2 fully saturated rings. The van der Waals surface area contributed by atoms with Gasteiger partial charge in [0, 0.05) is 11.1 Å². The molecular weight excluding hydrogens is 358 g/mol. The molecule has 0 unspecified atom stereocenters. The summed E-state index contributed by atoms with van der Waals surface area (Å²) in [4.78, 5) is 12.9. The van der Waals surface area contributed by atoms with Crippen LogP contribution in [0.5, 0.6) is 5.75 Å². The van der Waals surface area contributed by atoms with Crippen LogP contribution in [0.3, 0.4) is 0 Å². The Balaban J connectivity index is 1.40. The van der Waals surface area contributed by atoms with Crippen molar-refractivity contribution in [3.05, 3.63) is 64.7 Å². The zero-order valence-corrected chi connectivity index (χ0v) is 16.4. The molecule has 2 aliphatic carbocycles. The first-order chi connectivity index (χ1) is 13.1. The summed E-state index contributed by atoms with van der Waals surface area (Å²) in [6, 6.07) is 15.2. The number of fused-ring (bicyclic) bond motifs is 2. The van der Waals surface area contributed by atoms with Crippen molar-refractivity contribution < 1.29 is 9.53 Å². The molecule has 142 valence electrons. The molecule has 4 atom stereocenters. The van der Waals surface area contributed by atoms with Gasteiger partial charge < -0.3 is 10.1 Å². The van der Waals surface area contributed by atoms with Crippen LogP contribution >= 0.6 is 11.6 Å². The van der Waals surface area contributed by atoms with E-state index in [4.69, 9.17) is 16.3 Å². The second kappa shape index (κ2) is 7.93. The molecule has 2 aromatic rings. The van der Waals surface area contributed by atoms with Gasteiger partial charge in [-0.25, -0.2) is 0 Å². The number of para-hydroxylation sites is 1. The highest BCUT2D eigenvalue weighted by molar-refractivity contribution is 6.30. The third kappa shape index (κ3) is 4.14. The largest absolute Gasteiger partial charge is 0.488 e. The Hall–Kier alpha value is -2.00. The van der Waals surface area contributed by atoms with Gasteiger partial charge in [-0.1, -0.05) is 42.3 Å². The minimum Gasteiger partial charge on any atom is -0.488 e. The number of rotatable bonds is 6. The van der Waals surface area contributed by atoms with Crippen LogP contribution in [0.2, 0.25) is 5.02 Å². The second-order valence-corrected chi connectivity index (χ2v) is 8.45. The fraction of sp³-hybridized carbons (Fsp3) is 0.435. The summed E-state index contributed by atoms with van der Waals surface area (Å²) in [5.41, 5.74) is 1.62. The van der Waals surface area contributed by atoms with Gasteiger partial charge in [0.05, 0.1) is 5.56 Å². The predicted molar refractivity (Wildman–Crippen MR) is 108 cm³/mol. The van der Waals surface area contributed by atoms with Crippen LogP contribution in [0.4, 0.5) is 0 Å². The van der Waals surface area contributed by atoms with Gasteiger partial charge in [-0.05, 0) is 73.8 Å². The van der Waals surface area contributed by atoms with Crippen molar-refractivity contribution in [3.63, 3.8) is 0 Å². The Morgan fingerprint density at radius 3 is 2.63 bits per heavy atom. The summed E-state index contributed by atoms with van der Waals surface area (Å²) in [5.74, 6) is 2.87. The lowest BCUT2D eigenvalue weighted by molar-refractivity contribution is 0.0910. The fourth-order valence-electron chi connectivity index (χ4n) is 4.82. The minimum atomic E-state index is -0.0445. The first kappa shape index (κ1) is 18.4. The molecule has 27 heavy (non-hydrogen) atoms. The number of halogens is 1. The molecule has 1 amide bonds. The van der Waals surface area contributed by atoms with Crippen molar-refractivity contribution in [1.82, 2.24) is 5.32 Å². The van der Waals surface area contributed by atoms with Gasteiger partial charge >= 0.3 is 0 Å². The first-order valence-electron chi connectivity index (χ1n) is 9.87. The van der Waals surface area contributed by atoms with Crippen molar-refractivity contribution in [2.75, 3.05) is 0 Å². The molecular formula is C23H26ClNO2. The molecule has 2 saturated carbocycles. The minimum absolute atomic E-state index is 0.0445. The maximum atomic E-state index is 12.9. The van der Waals surface area contributed by atoms with Crippen LogP contribution in [0.25, 0.3) is 0 Å². The molecule has 0 saturated heterocycles. The zero-order valence-electron chi connectivity index (χ0n) is 15.7. The van der Waals surface area contributed by atoms with E-state index in [0.29, 0.717) is 28.9 Å². The smallest absolute Gasteiger partial charge is 0.255 e. The Morgan fingerprint density at radius 1 is 1.15 bits per heavy atom. The lowest BCUT2D eigenvalue weighted by Gasteiger charge is -2.28. The van der Waals surface area contributed by atoms with E-state index in [1.54, 1.807) is 0 Å². The number of hydrogen-bond acceptors (Lipinski definition) is 2. The summed E-state index contributed by atoms with van der Waals surface area (Å²) in [6.45, 7) is 2.56. The lowest BCUT2D eigenvalue weighted by atomic mass is 9.84. The number of hydrogen-bond donors (Lipinski definition) is 1. The number of carbonyl (C=O) groups is 1. The molecule has 0 aromatic heterocycles. The molecule has 0 spiro atoms. The molecule has 3 nitrogen and oxygen atoms in total. The van der Waals surface area contributed by atoms with Gasteiger partial charge in [-0.2, -0.15) is 0 Å². The standard InChI is InChI=1S/C23H26ClNO2/c1-15(21-13-17-6-9-18(21)12-17)25-23(26)20-4-2-3-5-22(20)27-14-16-7-10-19(24)11-8-16/h2-5,7-8,10-11,15,17-18,21H,6,9,12-14H2,1H3,(H,25,26)/t15-,17+,18+,21+/m1/s1. The molecule has 4 rings (SSSR count). The zero-order chi connectivity index (χ0) is 18.8. The van der Waals surface area contributed by atoms with Crippen molar-refractivity contribution in [1.29, 1.82) is 0 Å². The Bertz CT molecular complexity index is 804. The number of ether oxygens (including phenoxy) is 1. The number of nitrogens with one attached hydrogen (secondary N) is 1. The average molecular weight is 384 g/mol. The Kier molecular flexibility index (Phi) is 5.40. The summed E-state index contributed by atoms with van der Waals surface area (Å²) >= 11 is 5.93. The van der Waals surface area contributed by atoms with E-state index in [0.717, 1.165) is 17.4 Å². The third-order valence-electron chi connectivity index (χ3n) is 6.23. The summed E-state index contributed by atoms with van der Waals surface area (Å²) < 4.78 is 5.94. The number of benzene rings is 2. The second-order valence-electron chi connectivity index (χ2n) is 8.01. The van der Waals surface area contributed by atoms with E-state index in [9.17, 15) is 4.79 Å². The molecule has 2 aromatic carbocycles. The predicted octanol–water partition coefficient (Wildman–Crippen LogP) is 5.47. The Morgan fingerprint density at radius 2 is 1.93 bits per heavy atom. The van der Waals surface area contributed by atoms with E-state index in [2.05, 4.69) is 12.2 Å². The van der Waals surface area contributed by atoms with Gasteiger partial charge in [0.1, 0.15) is 12.4 Å². The lowest BCUT2D eigenvalue weighted by Crippen LogP contribution is -2.40. The highest BCUT2D eigenvalue weighted by Gasteiger charge is 2.42. The van der Waals surface area contributed by atoms with E-state index in [-0.39, 0.29) is 11.9 Å². The average Bonchev–Trinajstić information content (AvgIpc) is 3.31. The monoisotopic (exact) mass is 383 g/mol. The quantitative estimate of drug-likeness (QED) is 0.717. The van der Waals surface area contributed by atoms with E-state index in [1.807, 2.05) is 48.5 Å². The van der Waals surface area contributed by atoms with Gasteiger partial charge in [0.2, 0.25) is 0 Å². The van der Waals surface area contributed by atoms with Gasteiger partial charge in [-0.15, -0.1) is 0 Å². The van der Waals surface area contributed by atoms with E-state index >= 15 is 0 Å². The first-order valence-corrected chi connectivity index (χ1v) is 10.2. The summed E-state index contributed by atoms with van der Waals surface area (Å²) in [5, 5.41) is 3.93. The van der Waals surface area contributed by atoms with Crippen LogP contribution in [-0.4, -0.2) is 11.9 Å². The van der Waals surface area contributed by atoms with Crippen LogP contribution in [0.1, 0.15) is 48.5 Å². The van der Waals surface area contributed by atoms with Crippen LogP contribution < -0.4 is 10.1 Å². The molecule has 0 aliphatic heterocycles. The van der Waals surface area contributed by atoms with Crippen LogP contribution in [0.15, 0.2) is 48.5 Å². The normalized spacial score (nSPS) is 24.6. The van der Waals surface area contributed by atoms with Crippen molar-refractivity contribution >= 4 is 17.5 Å². The topological polar surface area (TPSA) is 38.3 Å². The Labute approximate surface area is 166 Å². The van der Waals surface area contributed by atoms with Gasteiger partial charge in [0.25, 0.3) is 5.91 Å². The van der Waals surface area contributed by atoms with Gasteiger partial charge in [0.15, 0.2) is 0 Å². The molecule has 0 radical (unpaired) electrons. The summed E-state index contributed by atoms with van der Waals surface area (Å²) in [7, 11) is 0. The van der Waals surface area contributed by atoms with Crippen LogP contribution in [0, 0.1) is 17.8 Å². The van der Waals surface area contributed by atoms with Crippen LogP contribution in [-0.2, 0) is 6.61 Å². The molecule has 2 bridgehead atoms. The van der Waals surface area contributed by atoms with Crippen molar-refractivity contribution in [3.8, 4) is 5.75 Å². The third-order valence-corrected chi connectivity index (χ3v) is 6.49. The number of amides is 1. The maximum Gasteiger partial charge on any atom is 0.255 e. The summed E-state index contributed by atoms with van der Waals surface area (Å²) in [6.07, 6.45) is 5.33. The van der Waals surface area contributed by atoms with E-state index < -0.39 is 0 Å². The van der Waals surface area contributed by atoms with Gasteiger partial charge in [-0.3, -0.25) is 4.79 Å². The highest BCUT2D eigenvalue weighted by Crippen LogP contribution is 2.49. The fourth-order valence-corrected chi connectivity index (χ4v) is 4.95. The molecule has 2 aliphatic rings. The maximum absolute atomic E-state index is 12.9. The molecule has 0 heterocycles. The molecule has 4 heteroatoms. The highest BCUT2D eigenvalue weighted by atomic mass is 35.5. The van der Waals surface area contributed by atoms with Crippen molar-refractivity contribution in [2.24, 2.45) is 17.8 Å². The molecule has 1 N–H and O–H groups in total. The van der Waals surface area contributed by atoms with E-state index in [1.165, 1.54) is 25.7 Å².